The Balaban J connectivity index is 1.54. The standard InChI is InChI=1S/C22H23NO4/c1-16(17-7-3-2-4-8-17)13-22(26)27-15-20(24)18-9-5-10-19(14-18)23-12-6-11-21(23)25/h2-5,7-10,14,16H,6,11-13,15H2,1H3/t16-/m0/s1. The molecule has 0 N–H and O–H groups in total. The summed E-state index contributed by atoms with van der Waals surface area (Å²) in [5, 5.41) is 0. The van der Waals surface area contributed by atoms with Crippen molar-refractivity contribution in [2.75, 3.05) is 18.1 Å². The van der Waals surface area contributed by atoms with Crippen molar-refractivity contribution in [3.63, 3.8) is 0 Å². The zero-order valence-electron chi connectivity index (χ0n) is 15.4. The van der Waals surface area contributed by atoms with Crippen LogP contribution in [-0.4, -0.2) is 30.8 Å². The maximum Gasteiger partial charge on any atom is 0.306 e. The summed E-state index contributed by atoms with van der Waals surface area (Å²) in [4.78, 5) is 38.0. The first-order valence-electron chi connectivity index (χ1n) is 9.19. The topological polar surface area (TPSA) is 63.7 Å². The highest BCUT2D eigenvalue weighted by molar-refractivity contribution is 6.01. The van der Waals surface area contributed by atoms with Crippen LogP contribution in [0.25, 0.3) is 0 Å². The summed E-state index contributed by atoms with van der Waals surface area (Å²) in [6.07, 6.45) is 1.59. The number of Topliss-reactive ketones (excluding diaryl/α,β-unsaturated/α-hetero) is 1. The fraction of sp³-hybridized carbons (Fsp3) is 0.318. The first-order valence-corrected chi connectivity index (χ1v) is 9.19. The molecule has 1 amide bonds. The minimum atomic E-state index is -0.398. The first-order chi connectivity index (χ1) is 13.0. The third-order valence-corrected chi connectivity index (χ3v) is 4.76. The van der Waals surface area contributed by atoms with Crippen molar-refractivity contribution < 1.29 is 19.1 Å². The molecule has 0 bridgehead atoms. The van der Waals surface area contributed by atoms with Gasteiger partial charge in [0.05, 0.1) is 6.42 Å². The van der Waals surface area contributed by atoms with Gasteiger partial charge in [0, 0.05) is 24.2 Å². The van der Waals surface area contributed by atoms with Gasteiger partial charge in [0.1, 0.15) is 0 Å². The third kappa shape index (κ3) is 4.82. The molecule has 2 aromatic rings. The maximum atomic E-state index is 12.4. The Hall–Kier alpha value is -2.95. The van der Waals surface area contributed by atoms with Crippen molar-refractivity contribution in [1.82, 2.24) is 0 Å². The van der Waals surface area contributed by atoms with Gasteiger partial charge in [0.25, 0.3) is 0 Å². The molecular weight excluding hydrogens is 342 g/mol. The molecule has 1 atom stereocenters. The molecule has 5 heteroatoms. The number of hydrogen-bond acceptors (Lipinski definition) is 4. The van der Waals surface area contributed by atoms with E-state index in [4.69, 9.17) is 4.74 Å². The van der Waals surface area contributed by atoms with Crippen LogP contribution in [0.1, 0.15) is 48.0 Å². The number of benzene rings is 2. The van der Waals surface area contributed by atoms with E-state index in [9.17, 15) is 14.4 Å². The second-order valence-corrected chi connectivity index (χ2v) is 6.80. The van der Waals surface area contributed by atoms with E-state index in [1.807, 2.05) is 43.3 Å². The average Bonchev–Trinajstić information content (AvgIpc) is 3.13. The fourth-order valence-electron chi connectivity index (χ4n) is 3.21. The number of amides is 1. The predicted octanol–water partition coefficient (Wildman–Crippen LogP) is 3.73. The van der Waals surface area contributed by atoms with Gasteiger partial charge in [0.15, 0.2) is 12.4 Å². The normalized spacial score (nSPS) is 14.9. The molecule has 0 aliphatic carbocycles. The van der Waals surface area contributed by atoms with Crippen LogP contribution in [-0.2, 0) is 14.3 Å². The number of nitrogens with zero attached hydrogens (tertiary/aromatic N) is 1. The Kier molecular flexibility index (Phi) is 6.01. The highest BCUT2D eigenvalue weighted by atomic mass is 16.5. The van der Waals surface area contributed by atoms with E-state index in [0.717, 1.165) is 12.0 Å². The molecule has 1 aliphatic heterocycles. The minimum absolute atomic E-state index is 0.0262. The van der Waals surface area contributed by atoms with E-state index in [1.54, 1.807) is 23.1 Å². The molecule has 1 heterocycles. The van der Waals surface area contributed by atoms with Gasteiger partial charge in [-0.3, -0.25) is 14.4 Å². The smallest absolute Gasteiger partial charge is 0.306 e. The molecule has 140 valence electrons. The molecule has 0 radical (unpaired) electrons. The summed E-state index contributed by atoms with van der Waals surface area (Å²) in [5.74, 6) is -0.575. The third-order valence-electron chi connectivity index (χ3n) is 4.76. The van der Waals surface area contributed by atoms with Crippen LogP contribution in [0.4, 0.5) is 5.69 Å². The fourth-order valence-corrected chi connectivity index (χ4v) is 3.21. The summed E-state index contributed by atoms with van der Waals surface area (Å²) < 4.78 is 5.17. The second kappa shape index (κ2) is 8.62. The second-order valence-electron chi connectivity index (χ2n) is 6.80. The van der Waals surface area contributed by atoms with Crippen LogP contribution >= 0.6 is 0 Å². The Morgan fingerprint density at radius 3 is 2.59 bits per heavy atom. The monoisotopic (exact) mass is 365 g/mol. The highest BCUT2D eigenvalue weighted by Gasteiger charge is 2.22. The molecule has 0 aromatic heterocycles. The van der Waals surface area contributed by atoms with E-state index >= 15 is 0 Å². The van der Waals surface area contributed by atoms with Crippen molar-refractivity contribution in [1.29, 1.82) is 0 Å². The zero-order valence-corrected chi connectivity index (χ0v) is 15.4. The largest absolute Gasteiger partial charge is 0.457 e. The van der Waals surface area contributed by atoms with Crippen molar-refractivity contribution in [2.45, 2.75) is 32.1 Å². The lowest BCUT2D eigenvalue weighted by atomic mass is 9.98. The molecular formula is C22H23NO4. The zero-order chi connectivity index (χ0) is 19.2. The van der Waals surface area contributed by atoms with Gasteiger partial charge in [-0.1, -0.05) is 49.4 Å². The summed E-state index contributed by atoms with van der Waals surface area (Å²) in [5.41, 5.74) is 2.22. The van der Waals surface area contributed by atoms with Gasteiger partial charge in [-0.15, -0.1) is 0 Å². The van der Waals surface area contributed by atoms with E-state index in [0.29, 0.717) is 24.2 Å². The van der Waals surface area contributed by atoms with Crippen molar-refractivity contribution in [3.05, 3.63) is 65.7 Å². The molecule has 0 spiro atoms. The molecule has 1 aliphatic rings. The number of anilines is 1. The molecule has 0 saturated carbocycles. The van der Waals surface area contributed by atoms with Crippen LogP contribution in [0.5, 0.6) is 0 Å². The van der Waals surface area contributed by atoms with Crippen LogP contribution in [0.15, 0.2) is 54.6 Å². The number of ketones is 1. The van der Waals surface area contributed by atoms with E-state index in [2.05, 4.69) is 0 Å². The molecule has 1 saturated heterocycles. The summed E-state index contributed by atoms with van der Waals surface area (Å²) in [6, 6.07) is 16.6. The van der Waals surface area contributed by atoms with Gasteiger partial charge in [-0.25, -0.2) is 0 Å². The van der Waals surface area contributed by atoms with Crippen LogP contribution in [0.3, 0.4) is 0 Å². The number of rotatable bonds is 7. The van der Waals surface area contributed by atoms with Crippen LogP contribution in [0, 0.1) is 0 Å². The van der Waals surface area contributed by atoms with Gasteiger partial charge in [0.2, 0.25) is 5.91 Å². The lowest BCUT2D eigenvalue weighted by Crippen LogP contribution is -2.24. The van der Waals surface area contributed by atoms with E-state index < -0.39 is 5.97 Å². The first kappa shape index (κ1) is 18.8. The number of ether oxygens (including phenoxy) is 1. The average molecular weight is 365 g/mol. The molecule has 5 nitrogen and oxygen atoms in total. The van der Waals surface area contributed by atoms with Crippen LogP contribution in [0.2, 0.25) is 0 Å². The van der Waals surface area contributed by atoms with E-state index in [1.165, 1.54) is 0 Å². The van der Waals surface area contributed by atoms with Gasteiger partial charge >= 0.3 is 5.97 Å². The lowest BCUT2D eigenvalue weighted by molar-refractivity contribution is -0.142. The molecule has 3 rings (SSSR count). The molecule has 1 fully saturated rings. The Bertz CT molecular complexity index is 831. The van der Waals surface area contributed by atoms with Gasteiger partial charge < -0.3 is 9.64 Å². The van der Waals surface area contributed by atoms with Gasteiger partial charge in [-0.2, -0.15) is 0 Å². The summed E-state index contributed by atoms with van der Waals surface area (Å²) in [6.45, 7) is 2.33. The summed E-state index contributed by atoms with van der Waals surface area (Å²) >= 11 is 0. The quantitative estimate of drug-likeness (QED) is 0.554. The molecule has 2 aromatic carbocycles. The number of hydrogen-bond donors (Lipinski definition) is 0. The van der Waals surface area contributed by atoms with Gasteiger partial charge in [-0.05, 0) is 30.0 Å². The lowest BCUT2D eigenvalue weighted by Gasteiger charge is -2.16. The summed E-state index contributed by atoms with van der Waals surface area (Å²) in [7, 11) is 0. The van der Waals surface area contributed by atoms with Crippen molar-refractivity contribution >= 4 is 23.3 Å². The molecule has 27 heavy (non-hydrogen) atoms. The maximum absolute atomic E-state index is 12.4. The molecule has 0 unspecified atom stereocenters. The SMILES string of the molecule is C[C@@H](CC(=O)OCC(=O)c1cccc(N2CCCC2=O)c1)c1ccccc1. The number of carbonyl (C=O) groups excluding carboxylic acids is 3. The van der Waals surface area contributed by atoms with Crippen molar-refractivity contribution in [2.24, 2.45) is 0 Å². The van der Waals surface area contributed by atoms with E-state index in [-0.39, 0.29) is 30.6 Å². The Morgan fingerprint density at radius 2 is 1.89 bits per heavy atom. The number of esters is 1. The van der Waals surface area contributed by atoms with Crippen molar-refractivity contribution in [3.8, 4) is 0 Å². The predicted molar refractivity (Wildman–Crippen MR) is 103 cm³/mol. The van der Waals surface area contributed by atoms with Crippen LogP contribution < -0.4 is 4.90 Å². The highest BCUT2D eigenvalue weighted by Crippen LogP contribution is 2.23. The minimum Gasteiger partial charge on any atom is -0.457 e. The Labute approximate surface area is 158 Å². The number of carbonyl (C=O) groups is 3. The Morgan fingerprint density at radius 1 is 1.11 bits per heavy atom.